The summed E-state index contributed by atoms with van der Waals surface area (Å²) in [5, 5.41) is 13.9. The molecule has 3 rings (SSSR count). The summed E-state index contributed by atoms with van der Waals surface area (Å²) >= 11 is 0. The largest absolute Gasteiger partial charge is 0.394 e. The molecule has 3 fully saturated rings. The number of aliphatic hydroxyl groups excluding tert-OH is 1. The van der Waals surface area contributed by atoms with Gasteiger partial charge in [-0.1, -0.05) is 0 Å². The monoisotopic (exact) mass is 281 g/mol. The summed E-state index contributed by atoms with van der Waals surface area (Å²) in [5.74, 6) is 0.692. The SMILES string of the molecule is CN1CCCC(N(C)CC(CO)(NC2CC2)C2CC2)C1. The standard InChI is InChI=1S/C16H31N3O/c1-18-9-3-4-15(10-18)19(2)11-16(12-20,13-5-6-13)17-14-7-8-14/h13-15,17,20H,3-12H2,1-2H3. The minimum atomic E-state index is -0.0358. The number of hydrogen-bond donors (Lipinski definition) is 2. The van der Waals surface area contributed by atoms with Gasteiger partial charge in [-0.15, -0.1) is 0 Å². The van der Waals surface area contributed by atoms with Crippen molar-refractivity contribution in [1.82, 2.24) is 15.1 Å². The van der Waals surface area contributed by atoms with Gasteiger partial charge in [-0.3, -0.25) is 0 Å². The Morgan fingerprint density at radius 2 is 2.00 bits per heavy atom. The van der Waals surface area contributed by atoms with Crippen molar-refractivity contribution in [1.29, 1.82) is 0 Å². The fraction of sp³-hybridized carbons (Fsp3) is 1.00. The molecule has 0 radical (unpaired) electrons. The third kappa shape index (κ3) is 3.35. The van der Waals surface area contributed by atoms with Crippen LogP contribution in [-0.4, -0.2) is 72.9 Å². The fourth-order valence-electron chi connectivity index (χ4n) is 3.86. The highest BCUT2D eigenvalue weighted by Crippen LogP contribution is 2.42. The lowest BCUT2D eigenvalue weighted by Crippen LogP contribution is -2.60. The van der Waals surface area contributed by atoms with Gasteiger partial charge in [-0.05, 0) is 65.1 Å². The number of likely N-dealkylation sites (tertiary alicyclic amines) is 1. The van der Waals surface area contributed by atoms with E-state index >= 15 is 0 Å². The van der Waals surface area contributed by atoms with Crippen molar-refractivity contribution in [3.8, 4) is 0 Å². The van der Waals surface area contributed by atoms with Gasteiger partial charge < -0.3 is 20.2 Å². The van der Waals surface area contributed by atoms with Crippen LogP contribution in [0.4, 0.5) is 0 Å². The summed E-state index contributed by atoms with van der Waals surface area (Å²) in [6, 6.07) is 1.32. The van der Waals surface area contributed by atoms with Crippen LogP contribution in [0.15, 0.2) is 0 Å². The zero-order valence-corrected chi connectivity index (χ0v) is 13.1. The highest BCUT2D eigenvalue weighted by atomic mass is 16.3. The van der Waals surface area contributed by atoms with E-state index in [2.05, 4.69) is 29.2 Å². The summed E-state index contributed by atoms with van der Waals surface area (Å²) in [7, 11) is 4.48. The summed E-state index contributed by atoms with van der Waals surface area (Å²) in [4.78, 5) is 4.95. The van der Waals surface area contributed by atoms with E-state index in [0.29, 0.717) is 24.6 Å². The van der Waals surface area contributed by atoms with Crippen molar-refractivity contribution in [3.63, 3.8) is 0 Å². The first-order valence-corrected chi connectivity index (χ1v) is 8.40. The van der Waals surface area contributed by atoms with Crippen LogP contribution in [0.25, 0.3) is 0 Å². The summed E-state index contributed by atoms with van der Waals surface area (Å²) in [5.41, 5.74) is -0.0358. The molecule has 0 amide bonds. The van der Waals surface area contributed by atoms with Crippen LogP contribution in [-0.2, 0) is 0 Å². The maximum absolute atomic E-state index is 10.1. The van der Waals surface area contributed by atoms with Gasteiger partial charge in [-0.2, -0.15) is 0 Å². The number of rotatable bonds is 7. The fourth-order valence-corrected chi connectivity index (χ4v) is 3.86. The molecule has 1 saturated heterocycles. The lowest BCUT2D eigenvalue weighted by molar-refractivity contribution is 0.0602. The molecule has 0 aromatic heterocycles. The average molecular weight is 281 g/mol. The smallest absolute Gasteiger partial charge is 0.0628 e. The van der Waals surface area contributed by atoms with E-state index in [1.54, 1.807) is 0 Å². The summed E-state index contributed by atoms with van der Waals surface area (Å²) in [6.45, 7) is 3.70. The molecule has 0 aromatic carbocycles. The van der Waals surface area contributed by atoms with E-state index in [1.807, 2.05) is 0 Å². The Morgan fingerprint density at radius 3 is 2.55 bits per heavy atom. The zero-order chi connectivity index (χ0) is 14.2. The van der Waals surface area contributed by atoms with Crippen molar-refractivity contribution in [2.75, 3.05) is 40.3 Å². The number of hydrogen-bond acceptors (Lipinski definition) is 4. The van der Waals surface area contributed by atoms with E-state index in [1.165, 1.54) is 51.6 Å². The average Bonchev–Trinajstić information content (AvgIpc) is 3.30. The van der Waals surface area contributed by atoms with Gasteiger partial charge in [0.1, 0.15) is 0 Å². The van der Waals surface area contributed by atoms with Crippen LogP contribution in [0.2, 0.25) is 0 Å². The molecule has 2 aliphatic carbocycles. The lowest BCUT2D eigenvalue weighted by atomic mass is 9.91. The van der Waals surface area contributed by atoms with Gasteiger partial charge in [-0.25, -0.2) is 0 Å². The normalized spacial score (nSPS) is 31.5. The van der Waals surface area contributed by atoms with Crippen molar-refractivity contribution in [3.05, 3.63) is 0 Å². The predicted molar refractivity (Wildman–Crippen MR) is 81.8 cm³/mol. The summed E-state index contributed by atoms with van der Waals surface area (Å²) in [6.07, 6.45) is 7.78. The molecule has 1 heterocycles. The molecule has 1 aliphatic heterocycles. The number of nitrogens with one attached hydrogen (secondary N) is 1. The first-order valence-electron chi connectivity index (χ1n) is 8.40. The first-order chi connectivity index (χ1) is 9.63. The minimum absolute atomic E-state index is 0.0358. The van der Waals surface area contributed by atoms with Crippen LogP contribution in [0.5, 0.6) is 0 Å². The van der Waals surface area contributed by atoms with Gasteiger partial charge in [0, 0.05) is 25.2 Å². The molecular formula is C16H31N3O. The van der Waals surface area contributed by atoms with Crippen LogP contribution < -0.4 is 5.32 Å². The number of likely N-dealkylation sites (N-methyl/N-ethyl adjacent to an activating group) is 2. The second-order valence-electron chi connectivity index (χ2n) is 7.48. The molecule has 2 N–H and O–H groups in total. The molecule has 3 aliphatic rings. The highest BCUT2D eigenvalue weighted by Gasteiger charge is 2.48. The van der Waals surface area contributed by atoms with E-state index in [4.69, 9.17) is 0 Å². The van der Waals surface area contributed by atoms with Gasteiger partial charge in [0.2, 0.25) is 0 Å². The molecule has 0 bridgehead atoms. The second kappa shape index (κ2) is 5.91. The van der Waals surface area contributed by atoms with Crippen molar-refractivity contribution < 1.29 is 5.11 Å². The molecule has 2 atom stereocenters. The van der Waals surface area contributed by atoms with E-state index in [0.717, 1.165) is 6.54 Å². The highest BCUT2D eigenvalue weighted by molar-refractivity contribution is 5.06. The van der Waals surface area contributed by atoms with Crippen molar-refractivity contribution in [2.45, 2.75) is 56.1 Å². The molecule has 4 heteroatoms. The Balaban J connectivity index is 1.62. The summed E-state index contributed by atoms with van der Waals surface area (Å²) < 4.78 is 0. The Bertz CT molecular complexity index is 330. The van der Waals surface area contributed by atoms with E-state index < -0.39 is 0 Å². The number of nitrogens with zero attached hydrogens (tertiary/aromatic N) is 2. The predicted octanol–water partition coefficient (Wildman–Crippen LogP) is 0.906. The third-order valence-electron chi connectivity index (χ3n) is 5.46. The van der Waals surface area contributed by atoms with Crippen LogP contribution >= 0.6 is 0 Å². The van der Waals surface area contributed by atoms with Gasteiger partial charge in [0.05, 0.1) is 12.1 Å². The second-order valence-corrected chi connectivity index (χ2v) is 7.48. The van der Waals surface area contributed by atoms with Crippen molar-refractivity contribution in [2.24, 2.45) is 5.92 Å². The maximum atomic E-state index is 10.1. The lowest BCUT2D eigenvalue weighted by Gasteiger charge is -2.42. The van der Waals surface area contributed by atoms with E-state index in [-0.39, 0.29) is 5.54 Å². The molecule has 4 nitrogen and oxygen atoms in total. The third-order valence-corrected chi connectivity index (χ3v) is 5.46. The maximum Gasteiger partial charge on any atom is 0.0628 e. The molecule has 0 spiro atoms. The Kier molecular flexibility index (Phi) is 4.37. The minimum Gasteiger partial charge on any atom is -0.394 e. The molecule has 0 aromatic rings. The number of piperidine rings is 1. The first kappa shape index (κ1) is 14.8. The molecular weight excluding hydrogens is 250 g/mol. The Labute approximate surface area is 123 Å². The Morgan fingerprint density at radius 1 is 1.25 bits per heavy atom. The molecule has 116 valence electrons. The quantitative estimate of drug-likeness (QED) is 0.727. The molecule has 20 heavy (non-hydrogen) atoms. The van der Waals surface area contributed by atoms with E-state index in [9.17, 15) is 5.11 Å². The molecule has 2 unspecified atom stereocenters. The zero-order valence-electron chi connectivity index (χ0n) is 13.1. The van der Waals surface area contributed by atoms with Crippen molar-refractivity contribution >= 4 is 0 Å². The van der Waals surface area contributed by atoms with Gasteiger partial charge in [0.25, 0.3) is 0 Å². The topological polar surface area (TPSA) is 38.7 Å². The molecule has 2 saturated carbocycles. The van der Waals surface area contributed by atoms with Crippen LogP contribution in [0, 0.1) is 5.92 Å². The van der Waals surface area contributed by atoms with Crippen LogP contribution in [0.1, 0.15) is 38.5 Å². The van der Waals surface area contributed by atoms with Gasteiger partial charge in [0.15, 0.2) is 0 Å². The number of aliphatic hydroxyl groups is 1. The van der Waals surface area contributed by atoms with Crippen LogP contribution in [0.3, 0.4) is 0 Å². The van der Waals surface area contributed by atoms with Gasteiger partial charge >= 0.3 is 0 Å². The Hall–Kier alpha value is -0.160.